The summed E-state index contributed by atoms with van der Waals surface area (Å²) in [7, 11) is 0. The van der Waals surface area contributed by atoms with Gasteiger partial charge in [-0.3, -0.25) is 4.79 Å². The first-order chi connectivity index (χ1) is 15.6. The second-order valence-electron chi connectivity index (χ2n) is 7.56. The van der Waals surface area contributed by atoms with Crippen molar-refractivity contribution >= 4 is 17.5 Å². The number of nitrogens with zero attached hydrogens (tertiary/aromatic N) is 3. The summed E-state index contributed by atoms with van der Waals surface area (Å²) >= 11 is 5.94. The summed E-state index contributed by atoms with van der Waals surface area (Å²) in [5.41, 5.74) is 1.43. The Morgan fingerprint density at radius 3 is 2.44 bits per heavy atom. The molecular weight excluding hydrogens is 430 g/mol. The van der Waals surface area contributed by atoms with Crippen molar-refractivity contribution < 1.29 is 18.8 Å². The first-order valence-electron chi connectivity index (χ1n) is 10.9. The number of carbonyl (C=O) groups is 1. The Kier molecular flexibility index (Phi) is 6.95. The topological polar surface area (TPSA) is 77.7 Å². The average Bonchev–Trinajstić information content (AvgIpc) is 3.31. The Balaban J connectivity index is 1.40. The second-order valence-corrected chi connectivity index (χ2v) is 8.00. The molecule has 1 saturated heterocycles. The number of halogens is 1. The molecule has 4 rings (SSSR count). The minimum Gasteiger partial charge on any atom is -0.490 e. The van der Waals surface area contributed by atoms with E-state index in [-0.39, 0.29) is 11.8 Å². The van der Waals surface area contributed by atoms with Gasteiger partial charge in [0.2, 0.25) is 0 Å². The van der Waals surface area contributed by atoms with E-state index < -0.39 is 0 Å². The molecule has 1 aromatic heterocycles. The van der Waals surface area contributed by atoms with E-state index in [4.69, 9.17) is 25.6 Å². The molecule has 0 spiro atoms. The highest BCUT2D eigenvalue weighted by Crippen LogP contribution is 2.31. The number of carbonyl (C=O) groups excluding carboxylic acids is 1. The Labute approximate surface area is 192 Å². The molecule has 1 amide bonds. The molecule has 168 valence electrons. The van der Waals surface area contributed by atoms with Crippen LogP contribution in [0.25, 0.3) is 11.5 Å². The van der Waals surface area contributed by atoms with Crippen LogP contribution < -0.4 is 9.47 Å². The molecule has 1 aliphatic heterocycles. The summed E-state index contributed by atoms with van der Waals surface area (Å²) in [4.78, 5) is 19.5. The molecule has 32 heavy (non-hydrogen) atoms. The predicted molar refractivity (Wildman–Crippen MR) is 121 cm³/mol. The maximum absolute atomic E-state index is 13.1. The van der Waals surface area contributed by atoms with E-state index in [2.05, 4.69) is 10.1 Å². The molecule has 1 aliphatic rings. The standard InChI is InChI=1S/C24H26ClN3O4/c1-3-30-20-10-7-18(15-21(20)31-4-2)24(29)28-13-11-16(12-14-28)22-26-23(32-27-22)17-5-8-19(25)9-6-17/h5-10,15-16H,3-4,11-14H2,1-2H3. The van der Waals surface area contributed by atoms with Crippen LogP contribution in [0.4, 0.5) is 0 Å². The molecule has 1 fully saturated rings. The number of hydrogen-bond donors (Lipinski definition) is 0. The molecule has 0 bridgehead atoms. The van der Waals surface area contributed by atoms with Crippen molar-refractivity contribution in [3.8, 4) is 23.0 Å². The van der Waals surface area contributed by atoms with Crippen LogP contribution in [-0.2, 0) is 0 Å². The minimum atomic E-state index is -0.0117. The normalized spacial score (nSPS) is 14.4. The highest BCUT2D eigenvalue weighted by Gasteiger charge is 2.28. The van der Waals surface area contributed by atoms with Gasteiger partial charge in [-0.15, -0.1) is 0 Å². The van der Waals surface area contributed by atoms with Crippen LogP contribution in [-0.4, -0.2) is 47.3 Å². The molecule has 0 N–H and O–H groups in total. The summed E-state index contributed by atoms with van der Waals surface area (Å²) in [6, 6.07) is 12.7. The van der Waals surface area contributed by atoms with Gasteiger partial charge in [-0.2, -0.15) is 4.98 Å². The Bertz CT molecular complexity index is 1060. The van der Waals surface area contributed by atoms with Crippen LogP contribution in [0.15, 0.2) is 47.0 Å². The van der Waals surface area contributed by atoms with Crippen molar-refractivity contribution in [3.63, 3.8) is 0 Å². The lowest BCUT2D eigenvalue weighted by Gasteiger charge is -2.30. The zero-order chi connectivity index (χ0) is 22.5. The van der Waals surface area contributed by atoms with Crippen molar-refractivity contribution in [1.29, 1.82) is 0 Å². The van der Waals surface area contributed by atoms with Gasteiger partial charge in [0.05, 0.1) is 13.2 Å². The Hall–Kier alpha value is -3.06. The van der Waals surface area contributed by atoms with Gasteiger partial charge in [-0.05, 0) is 69.2 Å². The Morgan fingerprint density at radius 1 is 1.06 bits per heavy atom. The van der Waals surface area contributed by atoms with Gasteiger partial charge in [-0.1, -0.05) is 16.8 Å². The van der Waals surface area contributed by atoms with Gasteiger partial charge < -0.3 is 18.9 Å². The lowest BCUT2D eigenvalue weighted by atomic mass is 9.95. The van der Waals surface area contributed by atoms with E-state index in [1.807, 2.05) is 30.9 Å². The molecule has 0 aliphatic carbocycles. The molecule has 0 radical (unpaired) electrons. The number of piperidine rings is 1. The number of benzene rings is 2. The first-order valence-corrected chi connectivity index (χ1v) is 11.2. The number of ether oxygens (including phenoxy) is 2. The fourth-order valence-electron chi connectivity index (χ4n) is 3.82. The molecule has 0 atom stereocenters. The van der Waals surface area contributed by atoms with Gasteiger partial charge in [0, 0.05) is 35.2 Å². The molecule has 2 heterocycles. The fraction of sp³-hybridized carbons (Fsp3) is 0.375. The zero-order valence-electron chi connectivity index (χ0n) is 18.2. The predicted octanol–water partition coefficient (Wildman–Crippen LogP) is 5.21. The summed E-state index contributed by atoms with van der Waals surface area (Å²) in [6.45, 7) is 6.13. The monoisotopic (exact) mass is 455 g/mol. The van der Waals surface area contributed by atoms with Gasteiger partial charge in [0.25, 0.3) is 11.8 Å². The van der Waals surface area contributed by atoms with Crippen LogP contribution in [0, 0.1) is 0 Å². The van der Waals surface area contributed by atoms with Crippen LogP contribution in [0.2, 0.25) is 5.02 Å². The maximum atomic E-state index is 13.1. The molecule has 7 nitrogen and oxygen atoms in total. The van der Waals surface area contributed by atoms with Crippen molar-refractivity contribution in [2.45, 2.75) is 32.6 Å². The summed E-state index contributed by atoms with van der Waals surface area (Å²) in [6.07, 6.45) is 1.56. The lowest BCUT2D eigenvalue weighted by Crippen LogP contribution is -2.38. The van der Waals surface area contributed by atoms with E-state index >= 15 is 0 Å². The number of aromatic nitrogens is 2. The summed E-state index contributed by atoms with van der Waals surface area (Å²) in [5, 5.41) is 4.83. The molecule has 8 heteroatoms. The van der Waals surface area contributed by atoms with Gasteiger partial charge in [-0.25, -0.2) is 0 Å². The van der Waals surface area contributed by atoms with Gasteiger partial charge >= 0.3 is 0 Å². The Morgan fingerprint density at radius 2 is 1.75 bits per heavy atom. The minimum absolute atomic E-state index is 0.0117. The van der Waals surface area contributed by atoms with E-state index in [0.717, 1.165) is 18.4 Å². The number of amides is 1. The van der Waals surface area contributed by atoms with Crippen molar-refractivity contribution in [1.82, 2.24) is 15.0 Å². The van der Waals surface area contributed by atoms with Crippen molar-refractivity contribution in [3.05, 3.63) is 58.9 Å². The molecule has 3 aromatic rings. The third kappa shape index (κ3) is 4.88. The highest BCUT2D eigenvalue weighted by molar-refractivity contribution is 6.30. The lowest BCUT2D eigenvalue weighted by molar-refractivity contribution is 0.0710. The van der Waals surface area contributed by atoms with E-state index in [0.29, 0.717) is 60.1 Å². The molecule has 0 unspecified atom stereocenters. The fourth-order valence-corrected chi connectivity index (χ4v) is 3.94. The van der Waals surface area contributed by atoms with Crippen LogP contribution in [0.1, 0.15) is 48.8 Å². The number of hydrogen-bond acceptors (Lipinski definition) is 6. The highest BCUT2D eigenvalue weighted by atomic mass is 35.5. The van der Waals surface area contributed by atoms with E-state index in [1.54, 1.807) is 30.3 Å². The number of rotatable bonds is 7. The van der Waals surface area contributed by atoms with Gasteiger partial charge in [0.1, 0.15) is 0 Å². The van der Waals surface area contributed by atoms with Crippen molar-refractivity contribution in [2.75, 3.05) is 26.3 Å². The first kappa shape index (κ1) is 22.1. The summed E-state index contributed by atoms with van der Waals surface area (Å²) in [5.74, 6) is 2.55. The largest absolute Gasteiger partial charge is 0.490 e. The zero-order valence-corrected chi connectivity index (χ0v) is 19.0. The smallest absolute Gasteiger partial charge is 0.257 e. The molecule has 0 saturated carbocycles. The van der Waals surface area contributed by atoms with E-state index in [1.165, 1.54) is 0 Å². The molecular formula is C24H26ClN3O4. The van der Waals surface area contributed by atoms with Crippen LogP contribution in [0.3, 0.4) is 0 Å². The van der Waals surface area contributed by atoms with Gasteiger partial charge in [0.15, 0.2) is 17.3 Å². The number of likely N-dealkylation sites (tertiary alicyclic amines) is 1. The third-order valence-corrected chi connectivity index (χ3v) is 5.72. The SMILES string of the molecule is CCOc1ccc(C(=O)N2CCC(c3noc(-c4ccc(Cl)cc4)n3)CC2)cc1OCC. The quantitative estimate of drug-likeness (QED) is 0.486. The third-order valence-electron chi connectivity index (χ3n) is 5.47. The van der Waals surface area contributed by atoms with Crippen molar-refractivity contribution in [2.24, 2.45) is 0 Å². The molecule has 2 aromatic carbocycles. The van der Waals surface area contributed by atoms with Crippen LogP contribution >= 0.6 is 11.6 Å². The van der Waals surface area contributed by atoms with E-state index in [9.17, 15) is 4.79 Å². The maximum Gasteiger partial charge on any atom is 0.257 e. The average molecular weight is 456 g/mol. The summed E-state index contributed by atoms with van der Waals surface area (Å²) < 4.78 is 16.7. The van der Waals surface area contributed by atoms with Crippen LogP contribution in [0.5, 0.6) is 11.5 Å². The second kappa shape index (κ2) is 10.0.